The van der Waals surface area contributed by atoms with Crippen LogP contribution in [-0.4, -0.2) is 5.78 Å². The van der Waals surface area contributed by atoms with E-state index in [-0.39, 0.29) is 11.7 Å². The summed E-state index contributed by atoms with van der Waals surface area (Å²) in [6, 6.07) is 14.0. The van der Waals surface area contributed by atoms with Crippen LogP contribution < -0.4 is 4.74 Å². The second-order valence-corrected chi connectivity index (χ2v) is 7.38. The lowest BCUT2D eigenvalue weighted by atomic mass is 9.81. The van der Waals surface area contributed by atoms with Crippen LogP contribution in [0.15, 0.2) is 58.3 Å². The first-order valence-corrected chi connectivity index (χ1v) is 9.23. The summed E-state index contributed by atoms with van der Waals surface area (Å²) >= 11 is 3.52. The van der Waals surface area contributed by atoms with Gasteiger partial charge in [0, 0.05) is 28.4 Å². The largest absolute Gasteiger partial charge is 0.461 e. The summed E-state index contributed by atoms with van der Waals surface area (Å²) < 4.78 is 6.99. The van der Waals surface area contributed by atoms with Crippen molar-refractivity contribution >= 4 is 21.7 Å². The summed E-state index contributed by atoms with van der Waals surface area (Å²) in [5.74, 6) is 8.13. The summed E-state index contributed by atoms with van der Waals surface area (Å²) in [5.41, 5.74) is 3.87. The van der Waals surface area contributed by atoms with Crippen molar-refractivity contribution < 1.29 is 9.53 Å². The third kappa shape index (κ3) is 3.15. The molecule has 0 radical (unpaired) electrons. The van der Waals surface area contributed by atoms with Crippen LogP contribution in [0.25, 0.3) is 0 Å². The van der Waals surface area contributed by atoms with E-state index in [9.17, 15) is 4.79 Å². The van der Waals surface area contributed by atoms with Crippen molar-refractivity contribution in [2.45, 2.75) is 32.1 Å². The van der Waals surface area contributed by atoms with Crippen molar-refractivity contribution in [3.05, 3.63) is 75.0 Å². The third-order valence-electron chi connectivity index (χ3n) is 4.63. The second kappa shape index (κ2) is 6.54. The Morgan fingerprint density at radius 2 is 1.92 bits per heavy atom. The van der Waals surface area contributed by atoms with Crippen LogP contribution in [-0.2, 0) is 4.79 Å². The van der Waals surface area contributed by atoms with Crippen LogP contribution in [0.3, 0.4) is 0 Å². The highest BCUT2D eigenvalue weighted by Crippen LogP contribution is 2.43. The van der Waals surface area contributed by atoms with Crippen molar-refractivity contribution in [1.82, 2.24) is 0 Å². The quantitative estimate of drug-likeness (QED) is 0.569. The van der Waals surface area contributed by atoms with Gasteiger partial charge < -0.3 is 4.74 Å². The van der Waals surface area contributed by atoms with E-state index in [1.807, 2.05) is 30.3 Å². The number of benzene rings is 2. The highest BCUT2D eigenvalue weighted by atomic mass is 79.9. The van der Waals surface area contributed by atoms with E-state index in [2.05, 4.69) is 46.8 Å². The number of carbonyl (C=O) groups excluding carboxylic acids is 1. The fourth-order valence-corrected chi connectivity index (χ4v) is 3.71. The average Bonchev–Trinajstić information content (AvgIpc) is 2.61. The molecule has 1 unspecified atom stereocenters. The van der Waals surface area contributed by atoms with Gasteiger partial charge in [-0.15, -0.1) is 0 Å². The fraction of sp³-hybridized carbons (Fsp3) is 0.227. The third-order valence-corrected chi connectivity index (χ3v) is 5.12. The number of hydrogen-bond donors (Lipinski definition) is 0. The lowest BCUT2D eigenvalue weighted by Gasteiger charge is -2.30. The van der Waals surface area contributed by atoms with Gasteiger partial charge in [-0.05, 0) is 43.7 Å². The number of fused-ring (bicyclic) bond motifs is 1. The zero-order valence-corrected chi connectivity index (χ0v) is 15.5. The Labute approximate surface area is 156 Å². The molecule has 0 aromatic heterocycles. The van der Waals surface area contributed by atoms with Crippen molar-refractivity contribution in [1.29, 1.82) is 0 Å². The lowest BCUT2D eigenvalue weighted by molar-refractivity contribution is -0.116. The van der Waals surface area contributed by atoms with Crippen molar-refractivity contribution in [3.8, 4) is 17.6 Å². The molecule has 1 aliphatic carbocycles. The number of ether oxygens (including phenoxy) is 1. The molecule has 0 spiro atoms. The number of Topliss-reactive ketones (excluding diaryl/α,β-unsaturated/α-hetero) is 1. The van der Waals surface area contributed by atoms with Gasteiger partial charge in [-0.1, -0.05) is 45.5 Å². The van der Waals surface area contributed by atoms with E-state index >= 15 is 0 Å². The van der Waals surface area contributed by atoms with Crippen molar-refractivity contribution in [2.24, 2.45) is 0 Å². The molecule has 4 rings (SSSR count). The Kier molecular flexibility index (Phi) is 4.23. The van der Waals surface area contributed by atoms with Crippen LogP contribution >= 0.6 is 15.9 Å². The standard InChI is InChI=1S/C22H17BrO2/c1-14-5-7-15(8-6-14)9-11-17-18-13-16(23)10-12-20(18)25-21-4-2-3-19(24)22(17)21/h5-8,10,12-13,17H,2-4H2,1H3. The summed E-state index contributed by atoms with van der Waals surface area (Å²) in [6.45, 7) is 2.06. The topological polar surface area (TPSA) is 26.3 Å². The molecule has 124 valence electrons. The predicted octanol–water partition coefficient (Wildman–Crippen LogP) is 5.29. The van der Waals surface area contributed by atoms with Gasteiger partial charge in [-0.25, -0.2) is 0 Å². The van der Waals surface area contributed by atoms with Gasteiger partial charge >= 0.3 is 0 Å². The molecule has 3 heteroatoms. The molecule has 0 amide bonds. The van der Waals surface area contributed by atoms with E-state index < -0.39 is 0 Å². The van der Waals surface area contributed by atoms with E-state index in [0.29, 0.717) is 6.42 Å². The summed E-state index contributed by atoms with van der Waals surface area (Å²) in [4.78, 5) is 12.6. The maximum absolute atomic E-state index is 12.6. The zero-order valence-electron chi connectivity index (χ0n) is 13.9. The van der Waals surface area contributed by atoms with E-state index in [0.717, 1.165) is 45.5 Å². The molecule has 0 saturated carbocycles. The number of halogens is 1. The first-order valence-electron chi connectivity index (χ1n) is 8.43. The second-order valence-electron chi connectivity index (χ2n) is 6.47. The molecule has 0 saturated heterocycles. The number of ketones is 1. The summed E-state index contributed by atoms with van der Waals surface area (Å²) in [7, 11) is 0. The SMILES string of the molecule is Cc1ccc(C#CC2C3=C(CCCC3=O)Oc3ccc(Br)cc32)cc1. The molecule has 1 aliphatic heterocycles. The molecule has 0 bridgehead atoms. The van der Waals surface area contributed by atoms with Gasteiger partial charge in [0.1, 0.15) is 11.5 Å². The smallest absolute Gasteiger partial charge is 0.163 e. The molecule has 0 N–H and O–H groups in total. The first kappa shape index (κ1) is 16.2. The zero-order chi connectivity index (χ0) is 17.4. The first-order chi connectivity index (χ1) is 12.1. The van der Waals surface area contributed by atoms with Gasteiger partial charge in [0.2, 0.25) is 0 Å². The minimum atomic E-state index is -0.231. The minimum Gasteiger partial charge on any atom is -0.461 e. The number of allylic oxidation sites excluding steroid dienone is 2. The summed E-state index contributed by atoms with van der Waals surface area (Å²) in [6.07, 6.45) is 2.23. The average molecular weight is 393 g/mol. The maximum Gasteiger partial charge on any atom is 0.163 e. The molecule has 0 fully saturated rings. The maximum atomic E-state index is 12.6. The number of hydrogen-bond acceptors (Lipinski definition) is 2. The Morgan fingerprint density at radius 3 is 2.72 bits per heavy atom. The van der Waals surface area contributed by atoms with Gasteiger partial charge in [0.25, 0.3) is 0 Å². The normalized spacial score (nSPS) is 18.6. The summed E-state index contributed by atoms with van der Waals surface area (Å²) in [5, 5.41) is 0. The monoisotopic (exact) mass is 392 g/mol. The van der Waals surface area contributed by atoms with Gasteiger partial charge in [-0.2, -0.15) is 0 Å². The molecule has 1 heterocycles. The minimum absolute atomic E-state index is 0.162. The molecular formula is C22H17BrO2. The molecule has 25 heavy (non-hydrogen) atoms. The molecule has 2 aliphatic rings. The fourth-order valence-electron chi connectivity index (χ4n) is 3.33. The van der Waals surface area contributed by atoms with Gasteiger partial charge in [0.05, 0.1) is 11.5 Å². The van der Waals surface area contributed by atoms with Crippen LogP contribution in [0, 0.1) is 18.8 Å². The van der Waals surface area contributed by atoms with Crippen LogP contribution in [0.2, 0.25) is 0 Å². The number of carbonyl (C=O) groups is 1. The van der Waals surface area contributed by atoms with Crippen LogP contribution in [0.1, 0.15) is 41.9 Å². The predicted molar refractivity (Wildman–Crippen MR) is 101 cm³/mol. The van der Waals surface area contributed by atoms with Crippen LogP contribution in [0.5, 0.6) is 5.75 Å². The van der Waals surface area contributed by atoms with E-state index in [1.165, 1.54) is 5.56 Å². The number of rotatable bonds is 0. The highest BCUT2D eigenvalue weighted by molar-refractivity contribution is 9.10. The Hall–Kier alpha value is -2.31. The molecule has 2 nitrogen and oxygen atoms in total. The van der Waals surface area contributed by atoms with Crippen molar-refractivity contribution in [2.75, 3.05) is 0 Å². The Bertz CT molecular complexity index is 942. The van der Waals surface area contributed by atoms with Gasteiger partial charge in [0.15, 0.2) is 5.78 Å². The highest BCUT2D eigenvalue weighted by Gasteiger charge is 2.34. The van der Waals surface area contributed by atoms with E-state index in [4.69, 9.17) is 4.74 Å². The number of aryl methyl sites for hydroxylation is 1. The Morgan fingerprint density at radius 1 is 1.12 bits per heavy atom. The molecule has 2 aromatic carbocycles. The lowest BCUT2D eigenvalue weighted by Crippen LogP contribution is -2.24. The van der Waals surface area contributed by atoms with Crippen molar-refractivity contribution in [3.63, 3.8) is 0 Å². The van der Waals surface area contributed by atoms with E-state index in [1.54, 1.807) is 0 Å². The molecule has 2 aromatic rings. The molecule has 1 atom stereocenters. The van der Waals surface area contributed by atoms with Gasteiger partial charge in [-0.3, -0.25) is 4.79 Å². The Balaban J connectivity index is 1.82. The van der Waals surface area contributed by atoms with Crippen LogP contribution in [0.4, 0.5) is 0 Å². The molecular weight excluding hydrogens is 376 g/mol.